The summed E-state index contributed by atoms with van der Waals surface area (Å²) in [7, 11) is 2.15. The third kappa shape index (κ3) is 4.02. The van der Waals surface area contributed by atoms with Gasteiger partial charge >= 0.3 is 0 Å². The SMILES string of the molecule is CN(Cc1cccc(C(=O)NN)n1)C1CCCCCC1. The zero-order valence-corrected chi connectivity index (χ0v) is 12.1. The maximum absolute atomic E-state index is 11.5. The standard InChI is InChI=1S/C15H24N4O/c1-19(13-8-4-2-3-5-9-13)11-12-7-6-10-14(17-12)15(20)18-16/h6-7,10,13H,2-5,8-9,11,16H2,1H3,(H,18,20). The second-order valence-electron chi connectivity index (χ2n) is 5.55. The molecule has 0 spiro atoms. The van der Waals surface area contributed by atoms with Crippen molar-refractivity contribution in [3.8, 4) is 0 Å². The lowest BCUT2D eigenvalue weighted by molar-refractivity contribution is 0.0948. The third-order valence-corrected chi connectivity index (χ3v) is 4.03. The summed E-state index contributed by atoms with van der Waals surface area (Å²) in [6.07, 6.45) is 7.87. The maximum atomic E-state index is 11.5. The molecule has 1 aromatic rings. The number of nitrogen functional groups attached to an aromatic ring is 1. The lowest BCUT2D eigenvalue weighted by Gasteiger charge is -2.26. The Labute approximate surface area is 120 Å². The molecule has 20 heavy (non-hydrogen) atoms. The van der Waals surface area contributed by atoms with Crippen molar-refractivity contribution in [1.29, 1.82) is 0 Å². The number of nitrogens with zero attached hydrogens (tertiary/aromatic N) is 2. The molecule has 1 saturated carbocycles. The summed E-state index contributed by atoms with van der Waals surface area (Å²) in [4.78, 5) is 18.2. The number of nitrogens with one attached hydrogen (secondary N) is 1. The highest BCUT2D eigenvalue weighted by Gasteiger charge is 2.17. The monoisotopic (exact) mass is 276 g/mol. The number of rotatable bonds is 4. The van der Waals surface area contributed by atoms with Gasteiger partial charge in [-0.3, -0.25) is 15.1 Å². The van der Waals surface area contributed by atoms with E-state index in [0.29, 0.717) is 11.7 Å². The largest absolute Gasteiger partial charge is 0.298 e. The van der Waals surface area contributed by atoms with E-state index in [1.807, 2.05) is 12.1 Å². The van der Waals surface area contributed by atoms with Gasteiger partial charge < -0.3 is 0 Å². The van der Waals surface area contributed by atoms with Crippen LogP contribution in [0.4, 0.5) is 0 Å². The molecule has 0 aliphatic heterocycles. The fraction of sp³-hybridized carbons (Fsp3) is 0.600. The van der Waals surface area contributed by atoms with Crippen molar-refractivity contribution in [2.75, 3.05) is 7.05 Å². The molecule has 1 fully saturated rings. The summed E-state index contributed by atoms with van der Waals surface area (Å²) in [6, 6.07) is 6.12. The van der Waals surface area contributed by atoms with E-state index in [2.05, 4.69) is 22.4 Å². The quantitative estimate of drug-likeness (QED) is 0.381. The minimum atomic E-state index is -0.344. The molecule has 1 heterocycles. The van der Waals surface area contributed by atoms with Gasteiger partial charge in [0, 0.05) is 12.6 Å². The maximum Gasteiger partial charge on any atom is 0.283 e. The van der Waals surface area contributed by atoms with Crippen LogP contribution in [0.1, 0.15) is 54.7 Å². The molecule has 1 aromatic heterocycles. The minimum Gasteiger partial charge on any atom is -0.298 e. The van der Waals surface area contributed by atoms with Gasteiger partial charge in [-0.2, -0.15) is 0 Å². The van der Waals surface area contributed by atoms with Crippen molar-refractivity contribution in [1.82, 2.24) is 15.3 Å². The molecule has 1 amide bonds. The van der Waals surface area contributed by atoms with E-state index in [4.69, 9.17) is 5.84 Å². The van der Waals surface area contributed by atoms with Crippen molar-refractivity contribution in [3.05, 3.63) is 29.6 Å². The van der Waals surface area contributed by atoms with Gasteiger partial charge in [0.15, 0.2) is 0 Å². The van der Waals surface area contributed by atoms with Gasteiger partial charge in [0.05, 0.1) is 5.69 Å². The van der Waals surface area contributed by atoms with Crippen molar-refractivity contribution < 1.29 is 4.79 Å². The molecule has 5 nitrogen and oxygen atoms in total. The summed E-state index contributed by atoms with van der Waals surface area (Å²) in [5, 5.41) is 0. The van der Waals surface area contributed by atoms with Gasteiger partial charge in [0.25, 0.3) is 5.91 Å². The zero-order valence-electron chi connectivity index (χ0n) is 12.1. The molecule has 3 N–H and O–H groups in total. The van der Waals surface area contributed by atoms with Gasteiger partial charge in [-0.05, 0) is 32.0 Å². The fourth-order valence-electron chi connectivity index (χ4n) is 2.85. The van der Waals surface area contributed by atoms with Crippen molar-refractivity contribution in [2.24, 2.45) is 5.84 Å². The highest BCUT2D eigenvalue weighted by atomic mass is 16.2. The lowest BCUT2D eigenvalue weighted by Crippen LogP contribution is -2.32. The summed E-state index contributed by atoms with van der Waals surface area (Å²) in [5.41, 5.74) is 3.41. The van der Waals surface area contributed by atoms with E-state index in [9.17, 15) is 4.79 Å². The summed E-state index contributed by atoms with van der Waals surface area (Å²) >= 11 is 0. The van der Waals surface area contributed by atoms with Gasteiger partial charge in [-0.15, -0.1) is 0 Å². The highest BCUT2D eigenvalue weighted by molar-refractivity contribution is 5.91. The number of carbonyl (C=O) groups excluding carboxylic acids is 1. The Kier molecular flexibility index (Phi) is 5.49. The molecule has 0 saturated heterocycles. The van der Waals surface area contributed by atoms with Crippen LogP contribution >= 0.6 is 0 Å². The molecule has 0 unspecified atom stereocenters. The molecular weight excluding hydrogens is 252 g/mol. The van der Waals surface area contributed by atoms with E-state index >= 15 is 0 Å². The van der Waals surface area contributed by atoms with Crippen LogP contribution in [0, 0.1) is 0 Å². The Morgan fingerprint density at radius 3 is 2.70 bits per heavy atom. The molecular formula is C15H24N4O. The number of pyridine rings is 1. The topological polar surface area (TPSA) is 71.2 Å². The first-order valence-electron chi connectivity index (χ1n) is 7.38. The van der Waals surface area contributed by atoms with Crippen molar-refractivity contribution in [2.45, 2.75) is 51.1 Å². The Bertz CT molecular complexity index is 441. The molecule has 0 atom stereocenters. The summed E-state index contributed by atoms with van der Waals surface area (Å²) in [6.45, 7) is 0.774. The van der Waals surface area contributed by atoms with Crippen LogP contribution in [0.3, 0.4) is 0 Å². The number of aromatic nitrogens is 1. The van der Waals surface area contributed by atoms with Crippen LogP contribution in [-0.2, 0) is 6.54 Å². The van der Waals surface area contributed by atoms with E-state index in [1.165, 1.54) is 38.5 Å². The molecule has 0 radical (unpaired) electrons. The van der Waals surface area contributed by atoms with E-state index in [0.717, 1.165) is 12.2 Å². The first-order chi connectivity index (χ1) is 9.70. The number of hydrazine groups is 1. The minimum absolute atomic E-state index is 0.344. The van der Waals surface area contributed by atoms with E-state index in [1.54, 1.807) is 6.07 Å². The van der Waals surface area contributed by atoms with Crippen LogP contribution in [0.15, 0.2) is 18.2 Å². The Hall–Kier alpha value is -1.46. The van der Waals surface area contributed by atoms with Crippen LogP contribution in [0.5, 0.6) is 0 Å². The van der Waals surface area contributed by atoms with Crippen LogP contribution in [-0.4, -0.2) is 28.9 Å². The van der Waals surface area contributed by atoms with Gasteiger partial charge in [-0.1, -0.05) is 31.7 Å². The van der Waals surface area contributed by atoms with E-state index < -0.39 is 0 Å². The van der Waals surface area contributed by atoms with Crippen molar-refractivity contribution in [3.63, 3.8) is 0 Å². The van der Waals surface area contributed by atoms with E-state index in [-0.39, 0.29) is 5.91 Å². The predicted molar refractivity (Wildman–Crippen MR) is 78.8 cm³/mol. The van der Waals surface area contributed by atoms with Crippen LogP contribution in [0.2, 0.25) is 0 Å². The highest BCUT2D eigenvalue weighted by Crippen LogP contribution is 2.22. The zero-order chi connectivity index (χ0) is 14.4. The van der Waals surface area contributed by atoms with Gasteiger partial charge in [0.2, 0.25) is 0 Å². The smallest absolute Gasteiger partial charge is 0.283 e. The third-order valence-electron chi connectivity index (χ3n) is 4.03. The predicted octanol–water partition coefficient (Wildman–Crippen LogP) is 1.84. The second-order valence-corrected chi connectivity index (χ2v) is 5.55. The normalized spacial score (nSPS) is 16.9. The molecule has 0 bridgehead atoms. The summed E-state index contributed by atoms with van der Waals surface area (Å²) < 4.78 is 0. The number of hydrogen-bond acceptors (Lipinski definition) is 4. The molecule has 0 aromatic carbocycles. The molecule has 2 rings (SSSR count). The average Bonchev–Trinajstić information content (AvgIpc) is 2.76. The first-order valence-corrected chi connectivity index (χ1v) is 7.38. The van der Waals surface area contributed by atoms with Crippen molar-refractivity contribution >= 4 is 5.91 Å². The Balaban J connectivity index is 1.99. The number of carbonyl (C=O) groups is 1. The second kappa shape index (κ2) is 7.36. The molecule has 110 valence electrons. The average molecular weight is 276 g/mol. The Morgan fingerprint density at radius 1 is 1.35 bits per heavy atom. The molecule has 1 aliphatic carbocycles. The number of amides is 1. The molecule has 1 aliphatic rings. The Morgan fingerprint density at radius 2 is 2.05 bits per heavy atom. The van der Waals surface area contributed by atoms with Gasteiger partial charge in [-0.25, -0.2) is 10.8 Å². The fourth-order valence-corrected chi connectivity index (χ4v) is 2.85. The summed E-state index contributed by atoms with van der Waals surface area (Å²) in [5.74, 6) is 4.80. The van der Waals surface area contributed by atoms with Gasteiger partial charge in [0.1, 0.15) is 5.69 Å². The molecule has 5 heteroatoms. The van der Waals surface area contributed by atoms with Crippen LogP contribution < -0.4 is 11.3 Å². The van der Waals surface area contributed by atoms with Crippen LogP contribution in [0.25, 0.3) is 0 Å². The number of nitrogens with two attached hydrogens (primary N) is 1. The first kappa shape index (κ1) is 14.9. The number of hydrogen-bond donors (Lipinski definition) is 2. The lowest BCUT2D eigenvalue weighted by atomic mass is 10.1.